The maximum Gasteiger partial charge on any atom is 0.586 e. The van der Waals surface area contributed by atoms with E-state index in [1.807, 2.05) is 0 Å². The first kappa shape index (κ1) is 10.3. The molecule has 0 radical (unpaired) electrons. The minimum absolute atomic E-state index is 0.0942. The van der Waals surface area contributed by atoms with E-state index in [-0.39, 0.29) is 11.5 Å². The van der Waals surface area contributed by atoms with Crippen molar-refractivity contribution < 1.29 is 23.2 Å². The van der Waals surface area contributed by atoms with Crippen LogP contribution in [-0.2, 0) is 0 Å². The second-order valence-corrected chi connectivity index (χ2v) is 2.97. The summed E-state index contributed by atoms with van der Waals surface area (Å²) in [7, 11) is 0. The third-order valence-corrected chi connectivity index (χ3v) is 1.81. The van der Waals surface area contributed by atoms with Crippen molar-refractivity contribution in [3.63, 3.8) is 0 Å². The first-order valence-corrected chi connectivity index (χ1v) is 4.18. The van der Waals surface area contributed by atoms with Crippen molar-refractivity contribution in [1.29, 1.82) is 0 Å². The summed E-state index contributed by atoms with van der Waals surface area (Å²) in [4.78, 5) is 9.40. The molecule has 0 saturated carbocycles. The van der Waals surface area contributed by atoms with Crippen LogP contribution in [0, 0.1) is 10.1 Å². The number of alkyl halides is 2. The van der Waals surface area contributed by atoms with Gasteiger partial charge in [0.05, 0.1) is 4.92 Å². The van der Waals surface area contributed by atoms with E-state index >= 15 is 0 Å². The number of hydrogen-bond donors (Lipinski definition) is 0. The Morgan fingerprint density at radius 3 is 2.69 bits per heavy atom. The molecule has 1 aliphatic rings. The Balaban J connectivity index is 2.26. The fourth-order valence-electron chi connectivity index (χ4n) is 1.22. The van der Waals surface area contributed by atoms with Crippen molar-refractivity contribution in [2.75, 3.05) is 0 Å². The van der Waals surface area contributed by atoms with E-state index in [1.165, 1.54) is 24.3 Å². The largest absolute Gasteiger partial charge is 0.586 e. The molecule has 0 amide bonds. The van der Waals surface area contributed by atoms with Crippen LogP contribution in [0.2, 0.25) is 0 Å². The zero-order valence-electron chi connectivity index (χ0n) is 7.72. The molecule has 0 bridgehead atoms. The van der Waals surface area contributed by atoms with Crippen molar-refractivity contribution in [3.8, 4) is 11.5 Å². The first-order valence-electron chi connectivity index (χ1n) is 4.18. The Hall–Kier alpha value is -2.18. The standard InChI is InChI=1S/C9H5F2NO4/c10-9(11)15-7-2-1-6(3-4-12(13)14)5-8(7)16-9/h1-5H/b4-3+. The molecule has 5 nitrogen and oxygen atoms in total. The highest BCUT2D eigenvalue weighted by molar-refractivity contribution is 5.56. The average Bonchev–Trinajstić information content (AvgIpc) is 2.47. The lowest BCUT2D eigenvalue weighted by Crippen LogP contribution is -2.25. The second-order valence-electron chi connectivity index (χ2n) is 2.97. The molecule has 0 fully saturated rings. The van der Waals surface area contributed by atoms with Gasteiger partial charge < -0.3 is 9.47 Å². The molecule has 0 spiro atoms. The lowest BCUT2D eigenvalue weighted by Gasteiger charge is -2.04. The molecule has 84 valence electrons. The third kappa shape index (κ3) is 2.08. The van der Waals surface area contributed by atoms with Gasteiger partial charge in [0.1, 0.15) is 0 Å². The summed E-state index contributed by atoms with van der Waals surface area (Å²) in [5.74, 6) is -0.237. The molecule has 7 heteroatoms. The molecular formula is C9H5F2NO4. The third-order valence-electron chi connectivity index (χ3n) is 1.81. The van der Waals surface area contributed by atoms with E-state index in [0.29, 0.717) is 11.8 Å². The van der Waals surface area contributed by atoms with E-state index in [4.69, 9.17) is 0 Å². The number of halogens is 2. The van der Waals surface area contributed by atoms with Gasteiger partial charge in [0.25, 0.3) is 0 Å². The first-order chi connectivity index (χ1) is 7.46. The van der Waals surface area contributed by atoms with Crippen LogP contribution in [0.5, 0.6) is 11.5 Å². The van der Waals surface area contributed by atoms with Crippen LogP contribution >= 0.6 is 0 Å². The molecule has 16 heavy (non-hydrogen) atoms. The minimum atomic E-state index is -3.67. The number of nitro groups is 1. The fourth-order valence-corrected chi connectivity index (χ4v) is 1.22. The van der Waals surface area contributed by atoms with Gasteiger partial charge in [-0.3, -0.25) is 10.1 Å². The summed E-state index contributed by atoms with van der Waals surface area (Å²) in [6.45, 7) is 0. The predicted molar refractivity (Wildman–Crippen MR) is 48.7 cm³/mol. The van der Waals surface area contributed by atoms with Gasteiger partial charge in [-0.15, -0.1) is 8.78 Å². The van der Waals surface area contributed by atoms with Gasteiger partial charge in [-0.25, -0.2) is 0 Å². The average molecular weight is 229 g/mol. The van der Waals surface area contributed by atoms with E-state index in [2.05, 4.69) is 9.47 Å². The van der Waals surface area contributed by atoms with Gasteiger partial charge in [0.2, 0.25) is 6.20 Å². The van der Waals surface area contributed by atoms with Crippen LogP contribution in [0.4, 0.5) is 8.78 Å². The predicted octanol–water partition coefficient (Wildman–Crippen LogP) is 2.26. The molecule has 2 rings (SSSR count). The normalized spacial score (nSPS) is 16.6. The summed E-state index contributed by atoms with van der Waals surface area (Å²) in [5, 5.41) is 10.1. The molecule has 1 heterocycles. The molecule has 0 saturated heterocycles. The highest BCUT2D eigenvalue weighted by Crippen LogP contribution is 2.41. The smallest absolute Gasteiger partial charge is 0.395 e. The van der Waals surface area contributed by atoms with Crippen LogP contribution < -0.4 is 9.47 Å². The fraction of sp³-hybridized carbons (Fsp3) is 0.111. The minimum Gasteiger partial charge on any atom is -0.395 e. The summed E-state index contributed by atoms with van der Waals surface area (Å²) >= 11 is 0. The summed E-state index contributed by atoms with van der Waals surface area (Å²) in [6.07, 6.45) is -1.80. The van der Waals surface area contributed by atoms with Crippen LogP contribution in [0.1, 0.15) is 5.56 Å². The summed E-state index contributed by atoms with van der Waals surface area (Å²) in [5.41, 5.74) is 0.372. The van der Waals surface area contributed by atoms with Gasteiger partial charge in [0, 0.05) is 6.08 Å². The maximum atomic E-state index is 12.6. The molecule has 0 atom stereocenters. The van der Waals surface area contributed by atoms with E-state index in [1.54, 1.807) is 0 Å². The van der Waals surface area contributed by atoms with E-state index in [0.717, 1.165) is 0 Å². The molecule has 0 aromatic heterocycles. The number of rotatable bonds is 2. The molecule has 0 unspecified atom stereocenters. The highest BCUT2D eigenvalue weighted by Gasteiger charge is 2.43. The summed E-state index contributed by atoms with van der Waals surface area (Å²) < 4.78 is 33.6. The van der Waals surface area contributed by atoms with Crippen molar-refractivity contribution in [2.45, 2.75) is 6.29 Å². The van der Waals surface area contributed by atoms with Crippen molar-refractivity contribution in [2.24, 2.45) is 0 Å². The molecular weight excluding hydrogens is 224 g/mol. The SMILES string of the molecule is O=[N+]([O-])/C=C/c1ccc2c(c1)OC(F)(F)O2. The van der Waals surface area contributed by atoms with Crippen molar-refractivity contribution in [3.05, 3.63) is 40.1 Å². The Morgan fingerprint density at radius 1 is 1.31 bits per heavy atom. The Labute approximate surface area is 88.0 Å². The van der Waals surface area contributed by atoms with Crippen molar-refractivity contribution >= 4 is 6.08 Å². The Kier molecular flexibility index (Phi) is 2.22. The topological polar surface area (TPSA) is 61.6 Å². The van der Waals surface area contributed by atoms with Gasteiger partial charge in [0.15, 0.2) is 11.5 Å². The molecule has 1 aromatic carbocycles. The van der Waals surface area contributed by atoms with Gasteiger partial charge >= 0.3 is 6.29 Å². The lowest BCUT2D eigenvalue weighted by atomic mass is 10.2. The van der Waals surface area contributed by atoms with Crippen molar-refractivity contribution in [1.82, 2.24) is 0 Å². The zero-order chi connectivity index (χ0) is 11.8. The number of benzene rings is 1. The molecule has 0 aliphatic carbocycles. The number of fused-ring (bicyclic) bond motifs is 1. The van der Waals surface area contributed by atoms with Gasteiger partial charge in [-0.1, -0.05) is 6.07 Å². The summed E-state index contributed by atoms with van der Waals surface area (Å²) in [6, 6.07) is 3.90. The molecule has 1 aliphatic heterocycles. The van der Waals surface area contributed by atoms with Gasteiger partial charge in [-0.05, 0) is 17.7 Å². The van der Waals surface area contributed by atoms with Gasteiger partial charge in [-0.2, -0.15) is 0 Å². The number of ether oxygens (including phenoxy) is 2. The number of nitrogens with zero attached hydrogens (tertiary/aromatic N) is 1. The highest BCUT2D eigenvalue weighted by atomic mass is 19.3. The van der Waals surface area contributed by atoms with Crippen LogP contribution in [0.25, 0.3) is 6.08 Å². The van der Waals surface area contributed by atoms with Crippen LogP contribution in [-0.4, -0.2) is 11.2 Å². The second kappa shape index (κ2) is 3.44. The maximum absolute atomic E-state index is 12.6. The van der Waals surface area contributed by atoms with E-state index in [9.17, 15) is 18.9 Å². The van der Waals surface area contributed by atoms with Crippen LogP contribution in [0.3, 0.4) is 0 Å². The lowest BCUT2D eigenvalue weighted by molar-refractivity contribution is -0.400. The monoisotopic (exact) mass is 229 g/mol. The Morgan fingerprint density at radius 2 is 2.00 bits per heavy atom. The quantitative estimate of drug-likeness (QED) is 0.576. The number of hydrogen-bond acceptors (Lipinski definition) is 4. The molecule has 0 N–H and O–H groups in total. The molecule has 1 aromatic rings. The zero-order valence-corrected chi connectivity index (χ0v) is 7.72. The van der Waals surface area contributed by atoms with E-state index < -0.39 is 11.2 Å². The van der Waals surface area contributed by atoms with Crippen LogP contribution in [0.15, 0.2) is 24.4 Å². The Bertz CT molecular complexity index is 473.